The molecule has 0 radical (unpaired) electrons. The zero-order valence-electron chi connectivity index (χ0n) is 16.6. The van der Waals surface area contributed by atoms with E-state index in [0.29, 0.717) is 5.69 Å². The maximum Gasteiger partial charge on any atom is 0.338 e. The second-order valence-electron chi connectivity index (χ2n) is 6.84. The summed E-state index contributed by atoms with van der Waals surface area (Å²) in [5, 5.41) is 21.1. The number of non-ortho nitro benzene ring substituents is 1. The number of para-hydroxylation sites is 1. The first-order valence-electron chi connectivity index (χ1n) is 9.28. The molecule has 1 fully saturated rings. The van der Waals surface area contributed by atoms with E-state index >= 15 is 0 Å². The lowest BCUT2D eigenvalue weighted by Gasteiger charge is -2.31. The van der Waals surface area contributed by atoms with Gasteiger partial charge in [0.05, 0.1) is 16.2 Å². The predicted octanol–water partition coefficient (Wildman–Crippen LogP) is 3.57. The van der Waals surface area contributed by atoms with Gasteiger partial charge >= 0.3 is 6.03 Å². The molecule has 1 aliphatic heterocycles. The maximum absolute atomic E-state index is 13.0. The number of rotatable bonds is 4. The summed E-state index contributed by atoms with van der Waals surface area (Å²) in [6, 6.07) is 13.7. The van der Waals surface area contributed by atoms with Crippen molar-refractivity contribution < 1.29 is 28.8 Å². The minimum absolute atomic E-state index is 0.0726. The predicted molar refractivity (Wildman–Crippen MR) is 113 cm³/mol. The van der Waals surface area contributed by atoms with Crippen LogP contribution in [0.3, 0.4) is 0 Å². The van der Waals surface area contributed by atoms with Crippen LogP contribution in [0.25, 0.3) is 17.4 Å². The van der Waals surface area contributed by atoms with E-state index in [9.17, 15) is 29.6 Å². The molecule has 10 heteroatoms. The number of nitro benzene ring substituents is 1. The normalized spacial score (nSPS) is 15.5. The number of imide groups is 2. The van der Waals surface area contributed by atoms with E-state index in [2.05, 4.69) is 0 Å². The minimum Gasteiger partial charge on any atom is -0.507 e. The second kappa shape index (κ2) is 7.84. The van der Waals surface area contributed by atoms with Crippen molar-refractivity contribution >= 4 is 35.3 Å². The Balaban J connectivity index is 1.73. The summed E-state index contributed by atoms with van der Waals surface area (Å²) in [5.74, 6) is -1.69. The third kappa shape index (κ3) is 3.49. The fraction of sp³-hybridized carbons (Fsp3) is 0.0455. The molecule has 0 bridgehead atoms. The third-order valence-corrected chi connectivity index (χ3v) is 4.83. The monoisotopic (exact) mass is 433 g/mol. The highest BCUT2D eigenvalue weighted by atomic mass is 16.6. The van der Waals surface area contributed by atoms with Crippen molar-refractivity contribution in [2.45, 2.75) is 0 Å². The van der Waals surface area contributed by atoms with Crippen LogP contribution in [0, 0.1) is 10.1 Å². The quantitative estimate of drug-likeness (QED) is 0.288. The molecule has 160 valence electrons. The Labute approximate surface area is 180 Å². The van der Waals surface area contributed by atoms with E-state index in [-0.39, 0.29) is 34.1 Å². The molecule has 3 aromatic rings. The summed E-state index contributed by atoms with van der Waals surface area (Å²) in [5.41, 5.74) is -0.178. The summed E-state index contributed by atoms with van der Waals surface area (Å²) in [6.45, 7) is 0. The Morgan fingerprint density at radius 1 is 1.00 bits per heavy atom. The number of urea groups is 1. The van der Waals surface area contributed by atoms with Crippen LogP contribution in [0.2, 0.25) is 0 Å². The molecule has 0 atom stereocenters. The Kier molecular flexibility index (Phi) is 5.03. The molecule has 32 heavy (non-hydrogen) atoms. The minimum atomic E-state index is -0.819. The number of amides is 4. The van der Waals surface area contributed by atoms with Gasteiger partial charge in [-0.1, -0.05) is 18.2 Å². The van der Waals surface area contributed by atoms with Gasteiger partial charge in [0.2, 0.25) is 0 Å². The van der Waals surface area contributed by atoms with Gasteiger partial charge in [-0.05, 0) is 36.4 Å². The molecule has 0 saturated carbocycles. The van der Waals surface area contributed by atoms with Crippen molar-refractivity contribution in [3.05, 3.63) is 82.1 Å². The number of nitrogens with zero attached hydrogens (tertiary/aromatic N) is 3. The number of aromatic hydroxyl groups is 1. The molecular formula is C22H15N3O7. The van der Waals surface area contributed by atoms with Gasteiger partial charge in [-0.25, -0.2) is 9.69 Å². The molecular weight excluding hydrogens is 418 g/mol. The van der Waals surface area contributed by atoms with Crippen LogP contribution < -0.4 is 4.90 Å². The van der Waals surface area contributed by atoms with Crippen LogP contribution in [0.1, 0.15) is 5.76 Å². The molecule has 2 aromatic carbocycles. The lowest BCUT2D eigenvalue weighted by molar-refractivity contribution is -0.384. The topological polar surface area (TPSA) is 134 Å². The molecule has 4 rings (SSSR count). The number of nitro groups is 1. The van der Waals surface area contributed by atoms with E-state index in [1.54, 1.807) is 30.3 Å². The number of carbonyl (C=O) groups excluding carboxylic acids is 3. The number of benzene rings is 2. The summed E-state index contributed by atoms with van der Waals surface area (Å²) >= 11 is 0. The van der Waals surface area contributed by atoms with Crippen molar-refractivity contribution in [1.82, 2.24) is 4.90 Å². The highest BCUT2D eigenvalue weighted by molar-refractivity contribution is 6.38. The van der Waals surface area contributed by atoms with Gasteiger partial charge in [0, 0.05) is 19.2 Å². The average molecular weight is 433 g/mol. The molecule has 10 nitrogen and oxygen atoms in total. The van der Waals surface area contributed by atoms with Crippen molar-refractivity contribution in [3.8, 4) is 17.1 Å². The van der Waals surface area contributed by atoms with Crippen molar-refractivity contribution in [3.63, 3.8) is 0 Å². The number of phenols is 1. The first-order chi connectivity index (χ1) is 15.3. The number of furan rings is 1. The highest BCUT2D eigenvalue weighted by Gasteiger charge is 2.41. The number of hydrogen-bond acceptors (Lipinski definition) is 7. The summed E-state index contributed by atoms with van der Waals surface area (Å²) in [7, 11) is 1.26. The summed E-state index contributed by atoms with van der Waals surface area (Å²) in [4.78, 5) is 50.2. The van der Waals surface area contributed by atoms with Crippen LogP contribution >= 0.6 is 0 Å². The lowest BCUT2D eigenvalue weighted by Crippen LogP contribution is -2.55. The number of hydrogen-bond donors (Lipinski definition) is 1. The van der Waals surface area contributed by atoms with Gasteiger partial charge in [0.25, 0.3) is 17.5 Å². The molecule has 1 N–H and O–H groups in total. The lowest BCUT2D eigenvalue weighted by atomic mass is 10.1. The average Bonchev–Trinajstić information content (AvgIpc) is 3.25. The molecule has 0 spiro atoms. The standard InChI is InChI=1S/C22H15N3O7/c1-23-20(27)17(21(28)24(22(23)29)13-5-3-2-4-6-13)12-15-8-10-19(32-15)16-11-14(25(30)31)7-9-18(16)26/h2-12,26H,1H3/b17-12+. The first-order valence-corrected chi connectivity index (χ1v) is 9.28. The molecule has 1 aliphatic rings. The van der Waals surface area contributed by atoms with Crippen molar-refractivity contribution in [2.75, 3.05) is 11.9 Å². The molecule has 0 unspecified atom stereocenters. The Hall–Kier alpha value is -4.73. The first kappa shape index (κ1) is 20.5. The van der Waals surface area contributed by atoms with Gasteiger partial charge in [0.15, 0.2) is 0 Å². The zero-order chi connectivity index (χ0) is 23.0. The van der Waals surface area contributed by atoms with Gasteiger partial charge in [-0.3, -0.25) is 24.6 Å². The van der Waals surface area contributed by atoms with E-state index < -0.39 is 22.8 Å². The molecule has 1 aromatic heterocycles. The second-order valence-corrected chi connectivity index (χ2v) is 6.84. The third-order valence-electron chi connectivity index (χ3n) is 4.83. The Morgan fingerprint density at radius 3 is 2.41 bits per heavy atom. The highest BCUT2D eigenvalue weighted by Crippen LogP contribution is 2.34. The van der Waals surface area contributed by atoms with Gasteiger partial charge < -0.3 is 9.52 Å². The Bertz CT molecular complexity index is 1290. The van der Waals surface area contributed by atoms with Crippen LogP contribution in [-0.4, -0.2) is 39.8 Å². The van der Waals surface area contributed by atoms with E-state index in [1.807, 2.05) is 0 Å². The van der Waals surface area contributed by atoms with E-state index in [1.165, 1.54) is 31.3 Å². The van der Waals surface area contributed by atoms with Crippen LogP contribution in [0.5, 0.6) is 5.75 Å². The SMILES string of the molecule is CN1C(=O)/C(=C\c2ccc(-c3cc([N+](=O)[O-])ccc3O)o2)C(=O)N(c2ccccc2)C1=O. The molecule has 2 heterocycles. The van der Waals surface area contributed by atoms with Crippen LogP contribution in [0.4, 0.5) is 16.2 Å². The number of carbonyl (C=O) groups is 3. The van der Waals surface area contributed by atoms with Crippen LogP contribution in [-0.2, 0) is 9.59 Å². The van der Waals surface area contributed by atoms with Gasteiger partial charge in [-0.2, -0.15) is 0 Å². The largest absolute Gasteiger partial charge is 0.507 e. The van der Waals surface area contributed by atoms with Crippen molar-refractivity contribution in [2.24, 2.45) is 0 Å². The number of barbiturate groups is 1. The van der Waals surface area contributed by atoms with Gasteiger partial charge in [0.1, 0.15) is 22.8 Å². The van der Waals surface area contributed by atoms with E-state index in [0.717, 1.165) is 21.9 Å². The fourth-order valence-corrected chi connectivity index (χ4v) is 3.20. The van der Waals surface area contributed by atoms with Crippen molar-refractivity contribution in [1.29, 1.82) is 0 Å². The van der Waals surface area contributed by atoms with Gasteiger partial charge in [-0.15, -0.1) is 0 Å². The Morgan fingerprint density at radius 2 is 1.72 bits per heavy atom. The molecule has 4 amide bonds. The maximum atomic E-state index is 13.0. The smallest absolute Gasteiger partial charge is 0.338 e. The number of likely N-dealkylation sites (N-methyl/N-ethyl adjacent to an activating group) is 1. The fourth-order valence-electron chi connectivity index (χ4n) is 3.20. The molecule has 0 aliphatic carbocycles. The summed E-state index contributed by atoms with van der Waals surface area (Å²) < 4.78 is 5.60. The molecule has 1 saturated heterocycles. The zero-order valence-corrected chi connectivity index (χ0v) is 16.6. The number of anilines is 1. The van der Waals surface area contributed by atoms with Crippen LogP contribution in [0.15, 0.2) is 70.7 Å². The van der Waals surface area contributed by atoms with E-state index in [4.69, 9.17) is 4.42 Å². The number of phenolic OH excluding ortho intramolecular Hbond substituents is 1. The summed E-state index contributed by atoms with van der Waals surface area (Å²) in [6.07, 6.45) is 1.18.